The number of carbonyl (C=O) groups excluding carboxylic acids is 1. The summed E-state index contributed by atoms with van der Waals surface area (Å²) in [5, 5.41) is 8.88. The molecule has 0 radical (unpaired) electrons. The number of hydrogen-bond acceptors (Lipinski definition) is 2. The maximum atomic E-state index is 12.4. The lowest BCUT2D eigenvalue weighted by Crippen LogP contribution is -2.36. The van der Waals surface area contributed by atoms with Gasteiger partial charge < -0.3 is 14.6 Å². The summed E-state index contributed by atoms with van der Waals surface area (Å²) in [6.45, 7) is 0.957. The van der Waals surface area contributed by atoms with Crippen LogP contribution in [0.4, 0.5) is 13.2 Å². The lowest BCUT2D eigenvalue weighted by molar-refractivity contribution is -0.140. The third-order valence-corrected chi connectivity index (χ3v) is 2.55. The molecule has 0 aliphatic carbocycles. The van der Waals surface area contributed by atoms with Gasteiger partial charge in [-0.15, -0.1) is 0 Å². The van der Waals surface area contributed by atoms with Gasteiger partial charge in [-0.3, -0.25) is 4.79 Å². The van der Waals surface area contributed by atoms with Crippen LogP contribution < -0.4 is 0 Å². The lowest BCUT2D eigenvalue weighted by Gasteiger charge is -2.22. The van der Waals surface area contributed by atoms with Crippen LogP contribution in [0.15, 0.2) is 18.3 Å². The molecule has 0 fully saturated rings. The summed E-state index contributed by atoms with van der Waals surface area (Å²) < 4.78 is 38.0. The molecule has 0 spiro atoms. The Bertz CT molecular complexity index is 409. The summed E-state index contributed by atoms with van der Waals surface area (Å²) in [5.41, 5.74) is -0.0146. The van der Waals surface area contributed by atoms with Crippen molar-refractivity contribution < 1.29 is 23.1 Å². The summed E-state index contributed by atoms with van der Waals surface area (Å²) in [4.78, 5) is 13.5. The molecule has 0 unspecified atom stereocenters. The molecular weight excluding hydrogens is 261 g/mol. The number of aliphatic hydroxyl groups is 1. The average molecular weight is 278 g/mol. The molecule has 1 N–H and O–H groups in total. The highest BCUT2D eigenvalue weighted by atomic mass is 19.4. The van der Waals surface area contributed by atoms with Crippen molar-refractivity contribution in [2.75, 3.05) is 19.7 Å². The number of alkyl halides is 3. The molecule has 1 rings (SSSR count). The van der Waals surface area contributed by atoms with Gasteiger partial charge in [-0.25, -0.2) is 0 Å². The molecule has 0 aliphatic rings. The van der Waals surface area contributed by atoms with Crippen molar-refractivity contribution in [2.45, 2.75) is 26.1 Å². The SMILES string of the molecule is CCCN(CCO)C(=O)c1cccn1CC(F)(F)F. The van der Waals surface area contributed by atoms with Gasteiger partial charge >= 0.3 is 6.18 Å². The van der Waals surface area contributed by atoms with Gasteiger partial charge in [0.05, 0.1) is 6.61 Å². The Kier molecular flexibility index (Phi) is 5.41. The Morgan fingerprint density at radius 2 is 2.11 bits per heavy atom. The molecule has 108 valence electrons. The molecule has 1 heterocycles. The van der Waals surface area contributed by atoms with Gasteiger partial charge in [-0.05, 0) is 18.6 Å². The number of carbonyl (C=O) groups is 1. The minimum atomic E-state index is -4.37. The van der Waals surface area contributed by atoms with Crippen LogP contribution in [0.2, 0.25) is 0 Å². The van der Waals surface area contributed by atoms with Crippen LogP contribution in [0.25, 0.3) is 0 Å². The fourth-order valence-electron chi connectivity index (χ4n) is 1.81. The number of rotatable bonds is 6. The Morgan fingerprint density at radius 3 is 2.63 bits per heavy atom. The Balaban J connectivity index is 2.89. The van der Waals surface area contributed by atoms with E-state index in [1.165, 1.54) is 23.2 Å². The average Bonchev–Trinajstić information content (AvgIpc) is 2.73. The zero-order valence-corrected chi connectivity index (χ0v) is 10.7. The first-order valence-corrected chi connectivity index (χ1v) is 6.01. The van der Waals surface area contributed by atoms with Gasteiger partial charge in [0.1, 0.15) is 12.2 Å². The zero-order chi connectivity index (χ0) is 14.5. The summed E-state index contributed by atoms with van der Waals surface area (Å²) in [5.74, 6) is -0.495. The first-order valence-electron chi connectivity index (χ1n) is 6.01. The minimum Gasteiger partial charge on any atom is -0.395 e. The third-order valence-electron chi connectivity index (χ3n) is 2.55. The van der Waals surface area contributed by atoms with E-state index >= 15 is 0 Å². The van der Waals surface area contributed by atoms with E-state index < -0.39 is 18.6 Å². The van der Waals surface area contributed by atoms with Gasteiger partial charge in [0.15, 0.2) is 0 Å². The Labute approximate surface area is 109 Å². The largest absolute Gasteiger partial charge is 0.406 e. The molecule has 0 saturated heterocycles. The second kappa shape index (κ2) is 6.60. The highest BCUT2D eigenvalue weighted by Gasteiger charge is 2.30. The molecule has 0 aromatic carbocycles. The first-order chi connectivity index (χ1) is 8.89. The Hall–Kier alpha value is -1.50. The Morgan fingerprint density at radius 1 is 1.42 bits per heavy atom. The van der Waals surface area contributed by atoms with Crippen molar-refractivity contribution in [3.05, 3.63) is 24.0 Å². The molecule has 0 atom stereocenters. The van der Waals surface area contributed by atoms with Crippen molar-refractivity contribution >= 4 is 5.91 Å². The number of hydrogen-bond donors (Lipinski definition) is 1. The van der Waals surface area contributed by atoms with Crippen molar-refractivity contribution in [3.63, 3.8) is 0 Å². The molecule has 1 aromatic heterocycles. The lowest BCUT2D eigenvalue weighted by atomic mass is 10.3. The quantitative estimate of drug-likeness (QED) is 0.863. The number of aromatic nitrogens is 1. The van der Waals surface area contributed by atoms with E-state index in [4.69, 9.17) is 5.11 Å². The fourth-order valence-corrected chi connectivity index (χ4v) is 1.81. The van der Waals surface area contributed by atoms with Crippen molar-refractivity contribution in [1.29, 1.82) is 0 Å². The number of amides is 1. The predicted molar refractivity (Wildman–Crippen MR) is 63.8 cm³/mol. The molecule has 0 aliphatic heterocycles. The molecule has 0 bridgehead atoms. The van der Waals surface area contributed by atoms with Crippen LogP contribution in [-0.2, 0) is 6.54 Å². The molecule has 19 heavy (non-hydrogen) atoms. The summed E-state index contributed by atoms with van der Waals surface area (Å²) in [6.07, 6.45) is -2.48. The number of nitrogens with zero attached hydrogens (tertiary/aromatic N) is 2. The zero-order valence-electron chi connectivity index (χ0n) is 10.7. The van der Waals surface area contributed by atoms with E-state index in [1.54, 1.807) is 0 Å². The van der Waals surface area contributed by atoms with E-state index in [9.17, 15) is 18.0 Å². The standard InChI is InChI=1S/C12H17F3N2O2/c1-2-5-16(7-8-18)11(19)10-4-3-6-17(10)9-12(13,14)15/h3-4,6,18H,2,5,7-9H2,1H3. The van der Waals surface area contributed by atoms with Crippen molar-refractivity contribution in [2.24, 2.45) is 0 Å². The maximum Gasteiger partial charge on any atom is 0.406 e. The van der Waals surface area contributed by atoms with E-state index in [0.717, 1.165) is 4.57 Å². The van der Waals surface area contributed by atoms with E-state index in [-0.39, 0.29) is 18.8 Å². The van der Waals surface area contributed by atoms with Crippen LogP contribution in [-0.4, -0.2) is 46.4 Å². The molecule has 1 amide bonds. The summed E-state index contributed by atoms with van der Waals surface area (Å²) in [7, 11) is 0. The molecule has 7 heteroatoms. The predicted octanol–water partition coefficient (Wildman–Crippen LogP) is 1.89. The minimum absolute atomic E-state index is 0.0146. The van der Waals surface area contributed by atoms with E-state index in [1.807, 2.05) is 6.92 Å². The van der Waals surface area contributed by atoms with Gasteiger partial charge in [-0.2, -0.15) is 13.2 Å². The van der Waals surface area contributed by atoms with Crippen LogP contribution in [0.5, 0.6) is 0 Å². The molecule has 1 aromatic rings. The van der Waals surface area contributed by atoms with Crippen LogP contribution in [0, 0.1) is 0 Å². The van der Waals surface area contributed by atoms with E-state index in [0.29, 0.717) is 13.0 Å². The van der Waals surface area contributed by atoms with Gasteiger partial charge in [0, 0.05) is 19.3 Å². The van der Waals surface area contributed by atoms with Crippen molar-refractivity contribution in [1.82, 2.24) is 9.47 Å². The molecule has 0 saturated carbocycles. The normalized spacial score (nSPS) is 11.6. The maximum absolute atomic E-state index is 12.4. The second-order valence-corrected chi connectivity index (χ2v) is 4.15. The van der Waals surface area contributed by atoms with Crippen LogP contribution in [0.1, 0.15) is 23.8 Å². The topological polar surface area (TPSA) is 45.5 Å². The molecule has 4 nitrogen and oxygen atoms in total. The number of aliphatic hydroxyl groups excluding tert-OH is 1. The van der Waals surface area contributed by atoms with E-state index in [2.05, 4.69) is 0 Å². The highest BCUT2D eigenvalue weighted by Crippen LogP contribution is 2.19. The highest BCUT2D eigenvalue weighted by molar-refractivity contribution is 5.92. The first kappa shape index (κ1) is 15.6. The van der Waals surface area contributed by atoms with Crippen molar-refractivity contribution in [3.8, 4) is 0 Å². The van der Waals surface area contributed by atoms with Gasteiger partial charge in [0.25, 0.3) is 5.91 Å². The van der Waals surface area contributed by atoms with Crippen LogP contribution >= 0.6 is 0 Å². The van der Waals surface area contributed by atoms with Gasteiger partial charge in [0.2, 0.25) is 0 Å². The van der Waals surface area contributed by atoms with Gasteiger partial charge in [-0.1, -0.05) is 6.92 Å². The fraction of sp³-hybridized carbons (Fsp3) is 0.583. The smallest absolute Gasteiger partial charge is 0.395 e. The number of halogens is 3. The monoisotopic (exact) mass is 278 g/mol. The third kappa shape index (κ3) is 4.59. The second-order valence-electron chi connectivity index (χ2n) is 4.15. The van der Waals surface area contributed by atoms with Crippen LogP contribution in [0.3, 0.4) is 0 Å². The summed E-state index contributed by atoms with van der Waals surface area (Å²) >= 11 is 0. The molecular formula is C12H17F3N2O2. The summed E-state index contributed by atoms with van der Waals surface area (Å²) in [6, 6.07) is 2.76.